The van der Waals surface area contributed by atoms with Gasteiger partial charge in [0, 0.05) is 6.08 Å². The molecular formula is C13H16N2O4S. The van der Waals surface area contributed by atoms with Crippen molar-refractivity contribution in [3.05, 3.63) is 11.0 Å². The molecular weight excluding hydrogens is 280 g/mol. The first kappa shape index (κ1) is 14.8. The van der Waals surface area contributed by atoms with Crippen LogP contribution in [0, 0.1) is 5.92 Å². The fourth-order valence-corrected chi connectivity index (χ4v) is 3.00. The van der Waals surface area contributed by atoms with Gasteiger partial charge in [-0.15, -0.1) is 0 Å². The summed E-state index contributed by atoms with van der Waals surface area (Å²) in [6.07, 6.45) is 1.77. The highest BCUT2D eigenvalue weighted by Gasteiger charge is 2.42. The topological polar surface area (TPSA) is 76.0 Å². The lowest BCUT2D eigenvalue weighted by atomic mass is 10.0. The molecule has 0 aromatic carbocycles. The standard InChI is InChI=1S/C13H16N2O4S/c1-4-19-12(18)9-6-10(16)15-8(5-7(2)3)11(17)14-13(15)20-9/h6-8H,4-5H2,1-3H3. The molecule has 1 unspecified atom stereocenters. The van der Waals surface area contributed by atoms with Crippen molar-refractivity contribution in [1.29, 1.82) is 0 Å². The molecule has 0 bridgehead atoms. The van der Waals surface area contributed by atoms with Crippen LogP contribution < -0.4 is 0 Å². The summed E-state index contributed by atoms with van der Waals surface area (Å²) in [5.41, 5.74) is 0. The number of carbonyl (C=O) groups is 3. The van der Waals surface area contributed by atoms with E-state index in [0.29, 0.717) is 6.42 Å². The molecule has 1 atom stereocenters. The number of rotatable bonds is 4. The van der Waals surface area contributed by atoms with Gasteiger partial charge in [0.2, 0.25) is 0 Å². The first-order valence-corrected chi connectivity index (χ1v) is 7.28. The quantitative estimate of drug-likeness (QED) is 0.731. The van der Waals surface area contributed by atoms with Gasteiger partial charge in [-0.3, -0.25) is 14.5 Å². The number of aliphatic imine (C=N–C) groups is 1. The average molecular weight is 296 g/mol. The second kappa shape index (κ2) is 5.78. The molecule has 2 aliphatic heterocycles. The molecule has 108 valence electrons. The van der Waals surface area contributed by atoms with Crippen LogP contribution in [0.4, 0.5) is 0 Å². The maximum absolute atomic E-state index is 12.1. The number of carbonyl (C=O) groups excluding carboxylic acids is 3. The van der Waals surface area contributed by atoms with Gasteiger partial charge in [-0.2, -0.15) is 4.99 Å². The molecule has 2 aliphatic rings. The maximum atomic E-state index is 12.1. The second-order valence-corrected chi connectivity index (χ2v) is 5.93. The molecule has 6 nitrogen and oxygen atoms in total. The fourth-order valence-electron chi connectivity index (χ4n) is 2.05. The Labute approximate surface area is 121 Å². The number of nitrogens with zero attached hydrogens (tertiary/aromatic N) is 2. The first-order valence-electron chi connectivity index (χ1n) is 6.46. The van der Waals surface area contributed by atoms with Gasteiger partial charge >= 0.3 is 5.97 Å². The lowest BCUT2D eigenvalue weighted by molar-refractivity contribution is -0.138. The average Bonchev–Trinajstić information content (AvgIpc) is 2.66. The molecule has 0 aromatic rings. The summed E-state index contributed by atoms with van der Waals surface area (Å²) in [5.74, 6) is -1.00. The highest BCUT2D eigenvalue weighted by Crippen LogP contribution is 2.33. The number of hydrogen-bond donors (Lipinski definition) is 0. The van der Waals surface area contributed by atoms with Crippen LogP contribution in [0.1, 0.15) is 27.2 Å². The van der Waals surface area contributed by atoms with E-state index in [2.05, 4.69) is 4.99 Å². The van der Waals surface area contributed by atoms with Crippen molar-refractivity contribution in [2.75, 3.05) is 6.61 Å². The molecule has 0 saturated carbocycles. The van der Waals surface area contributed by atoms with Crippen LogP contribution in [0.3, 0.4) is 0 Å². The van der Waals surface area contributed by atoms with Gasteiger partial charge < -0.3 is 4.74 Å². The number of amidine groups is 1. The minimum absolute atomic E-state index is 0.171. The van der Waals surface area contributed by atoms with Crippen LogP contribution in [0.5, 0.6) is 0 Å². The Balaban J connectivity index is 2.23. The molecule has 0 radical (unpaired) electrons. The SMILES string of the molecule is CCOC(=O)C1=CC(=O)N2C(=NC(=O)C2CC(C)C)S1. The third kappa shape index (κ3) is 2.77. The molecule has 2 amide bonds. The van der Waals surface area contributed by atoms with E-state index in [0.717, 1.165) is 11.8 Å². The van der Waals surface area contributed by atoms with Gasteiger partial charge in [-0.25, -0.2) is 4.79 Å². The maximum Gasteiger partial charge on any atom is 0.345 e. The number of amides is 2. The Hall–Kier alpha value is -1.63. The van der Waals surface area contributed by atoms with E-state index < -0.39 is 12.0 Å². The minimum atomic E-state index is -0.562. The fraction of sp³-hybridized carbons (Fsp3) is 0.538. The molecule has 7 heteroatoms. The molecule has 0 aliphatic carbocycles. The van der Waals surface area contributed by atoms with Gasteiger partial charge in [-0.1, -0.05) is 13.8 Å². The Bertz CT molecular complexity index is 524. The van der Waals surface area contributed by atoms with E-state index in [1.54, 1.807) is 6.92 Å². The number of hydrogen-bond acceptors (Lipinski definition) is 5. The van der Waals surface area contributed by atoms with Gasteiger partial charge in [0.1, 0.15) is 10.9 Å². The van der Waals surface area contributed by atoms with E-state index in [1.165, 1.54) is 11.0 Å². The largest absolute Gasteiger partial charge is 0.462 e. The predicted octanol–water partition coefficient (Wildman–Crippen LogP) is 1.32. The number of ether oxygens (including phenoxy) is 1. The summed E-state index contributed by atoms with van der Waals surface area (Å²) in [4.78, 5) is 41.1. The summed E-state index contributed by atoms with van der Waals surface area (Å²) < 4.78 is 4.86. The van der Waals surface area contributed by atoms with Crippen molar-refractivity contribution in [3.63, 3.8) is 0 Å². The minimum Gasteiger partial charge on any atom is -0.462 e. The van der Waals surface area contributed by atoms with E-state index >= 15 is 0 Å². The zero-order valence-corrected chi connectivity index (χ0v) is 12.4. The molecule has 0 spiro atoms. The van der Waals surface area contributed by atoms with Gasteiger partial charge in [0.25, 0.3) is 11.8 Å². The monoisotopic (exact) mass is 296 g/mol. The summed E-state index contributed by atoms with van der Waals surface area (Å²) in [6.45, 7) is 5.88. The number of esters is 1. The van der Waals surface area contributed by atoms with Crippen LogP contribution in [0.25, 0.3) is 0 Å². The molecule has 0 N–H and O–H groups in total. The number of thioether (sulfide) groups is 1. The Morgan fingerprint density at radius 2 is 2.20 bits per heavy atom. The van der Waals surface area contributed by atoms with Gasteiger partial charge in [0.15, 0.2) is 5.17 Å². The van der Waals surface area contributed by atoms with Crippen LogP contribution >= 0.6 is 11.8 Å². The van der Waals surface area contributed by atoms with E-state index in [9.17, 15) is 14.4 Å². The van der Waals surface area contributed by atoms with E-state index in [4.69, 9.17) is 4.74 Å². The molecule has 0 saturated heterocycles. The summed E-state index contributed by atoms with van der Waals surface area (Å²) >= 11 is 1.01. The van der Waals surface area contributed by atoms with Gasteiger partial charge in [0.05, 0.1) is 6.61 Å². The highest BCUT2D eigenvalue weighted by atomic mass is 32.2. The van der Waals surface area contributed by atoms with Crippen molar-refractivity contribution in [1.82, 2.24) is 4.90 Å². The van der Waals surface area contributed by atoms with Crippen LogP contribution in [0.2, 0.25) is 0 Å². The van der Waals surface area contributed by atoms with Crippen molar-refractivity contribution in [2.24, 2.45) is 10.9 Å². The smallest absolute Gasteiger partial charge is 0.345 e. The summed E-state index contributed by atoms with van der Waals surface area (Å²) in [7, 11) is 0. The van der Waals surface area contributed by atoms with Crippen LogP contribution in [-0.4, -0.2) is 40.5 Å². The highest BCUT2D eigenvalue weighted by molar-refractivity contribution is 8.18. The zero-order valence-electron chi connectivity index (χ0n) is 11.6. The van der Waals surface area contributed by atoms with E-state index in [1.807, 2.05) is 13.8 Å². The lowest BCUT2D eigenvalue weighted by Gasteiger charge is -2.27. The number of fused-ring (bicyclic) bond motifs is 1. The molecule has 0 aromatic heterocycles. The van der Waals surface area contributed by atoms with Crippen LogP contribution in [-0.2, 0) is 19.1 Å². The summed E-state index contributed by atoms with van der Waals surface area (Å²) in [6, 6.07) is -0.551. The molecule has 2 heterocycles. The molecule has 20 heavy (non-hydrogen) atoms. The zero-order chi connectivity index (χ0) is 14.9. The first-order chi connectivity index (χ1) is 9.43. The van der Waals surface area contributed by atoms with E-state index in [-0.39, 0.29) is 34.4 Å². The van der Waals surface area contributed by atoms with Crippen molar-refractivity contribution in [2.45, 2.75) is 33.2 Å². The molecule has 2 rings (SSSR count). The lowest BCUT2D eigenvalue weighted by Crippen LogP contribution is -2.43. The van der Waals surface area contributed by atoms with Gasteiger partial charge in [-0.05, 0) is 31.0 Å². The van der Waals surface area contributed by atoms with Crippen molar-refractivity contribution in [3.8, 4) is 0 Å². The Morgan fingerprint density at radius 1 is 1.50 bits per heavy atom. The Morgan fingerprint density at radius 3 is 2.80 bits per heavy atom. The summed E-state index contributed by atoms with van der Waals surface area (Å²) in [5, 5.41) is 0.274. The molecule has 0 fully saturated rings. The predicted molar refractivity (Wildman–Crippen MR) is 74.8 cm³/mol. The third-order valence-corrected chi connectivity index (χ3v) is 3.85. The van der Waals surface area contributed by atoms with Crippen LogP contribution in [0.15, 0.2) is 16.0 Å². The van der Waals surface area contributed by atoms with Crippen molar-refractivity contribution < 1.29 is 19.1 Å². The normalized spacial score (nSPS) is 21.8. The third-order valence-electron chi connectivity index (χ3n) is 2.87. The Kier molecular flexibility index (Phi) is 4.27. The van der Waals surface area contributed by atoms with Crippen molar-refractivity contribution >= 4 is 34.7 Å². The second-order valence-electron chi connectivity index (χ2n) is 4.92.